The molecule has 2 aromatic rings. The maximum atomic E-state index is 12.4. The summed E-state index contributed by atoms with van der Waals surface area (Å²) in [6, 6.07) is 13.2. The fraction of sp³-hybridized carbons (Fsp3) is 0.316. The number of halogens is 2. The van der Waals surface area contributed by atoms with Gasteiger partial charge in [0, 0.05) is 30.1 Å². The van der Waals surface area contributed by atoms with Gasteiger partial charge < -0.3 is 5.32 Å². The van der Waals surface area contributed by atoms with E-state index in [0.717, 1.165) is 23.5 Å². The van der Waals surface area contributed by atoms with E-state index in [9.17, 15) is 4.79 Å². The average molecular weight is 395 g/mol. The number of amides is 1. The lowest BCUT2D eigenvalue weighted by Gasteiger charge is -2.25. The predicted molar refractivity (Wildman–Crippen MR) is 105 cm³/mol. The summed E-state index contributed by atoms with van der Waals surface area (Å²) in [7, 11) is 0. The van der Waals surface area contributed by atoms with Gasteiger partial charge in [-0.15, -0.1) is 0 Å². The molecule has 1 saturated heterocycles. The minimum absolute atomic E-state index is 0.114. The number of hydrogen-bond acceptors (Lipinski definition) is 3. The molecule has 0 unspecified atom stereocenters. The van der Waals surface area contributed by atoms with Crippen LogP contribution < -0.4 is 5.32 Å². The number of carbonyl (C=O) groups is 1. The summed E-state index contributed by atoms with van der Waals surface area (Å²) < 4.78 is 2.37. The smallest absolute Gasteiger partial charge is 0.251 e. The first-order valence-corrected chi connectivity index (χ1v) is 9.90. The predicted octanol–water partition coefficient (Wildman–Crippen LogP) is 5.42. The molecule has 0 bridgehead atoms. The van der Waals surface area contributed by atoms with Gasteiger partial charge in [0.2, 0.25) is 0 Å². The maximum absolute atomic E-state index is 12.4. The van der Waals surface area contributed by atoms with E-state index in [-0.39, 0.29) is 5.91 Å². The van der Waals surface area contributed by atoms with Crippen molar-refractivity contribution in [3.8, 4) is 0 Å². The number of nitrogens with one attached hydrogen (secondary N) is 1. The van der Waals surface area contributed by atoms with E-state index in [1.807, 2.05) is 36.4 Å². The Kier molecular flexibility index (Phi) is 6.65. The van der Waals surface area contributed by atoms with Crippen LogP contribution in [0, 0.1) is 0 Å². The maximum Gasteiger partial charge on any atom is 0.251 e. The molecule has 25 heavy (non-hydrogen) atoms. The number of hydrogen-bond donors (Lipinski definition) is 1. The summed E-state index contributed by atoms with van der Waals surface area (Å²) in [6.07, 6.45) is 3.80. The van der Waals surface area contributed by atoms with E-state index >= 15 is 0 Å². The summed E-state index contributed by atoms with van der Waals surface area (Å²) >= 11 is 13.9. The second-order valence-corrected chi connectivity index (χ2v) is 7.96. The summed E-state index contributed by atoms with van der Waals surface area (Å²) in [5.74, 6) is -0.114. The molecule has 0 aliphatic carbocycles. The van der Waals surface area contributed by atoms with Gasteiger partial charge in [-0.3, -0.25) is 4.79 Å². The first-order valence-electron chi connectivity index (χ1n) is 8.37. The molecule has 3 rings (SSSR count). The number of nitrogens with zero attached hydrogens (tertiary/aromatic N) is 1. The Morgan fingerprint density at radius 3 is 2.64 bits per heavy atom. The zero-order valence-corrected chi connectivity index (χ0v) is 16.1. The number of carbonyl (C=O) groups excluding carboxylic acids is 1. The van der Waals surface area contributed by atoms with Crippen LogP contribution in [-0.4, -0.2) is 23.3 Å². The molecule has 1 heterocycles. The lowest BCUT2D eigenvalue weighted by atomic mass is 10.2. The molecule has 1 fully saturated rings. The highest BCUT2D eigenvalue weighted by Crippen LogP contribution is 2.27. The second-order valence-electron chi connectivity index (χ2n) is 6.00. The quantitative estimate of drug-likeness (QED) is 0.687. The van der Waals surface area contributed by atoms with E-state index in [1.54, 1.807) is 18.0 Å². The zero-order valence-electron chi connectivity index (χ0n) is 13.8. The molecule has 1 aliphatic rings. The van der Waals surface area contributed by atoms with Crippen molar-refractivity contribution in [2.24, 2.45) is 0 Å². The average Bonchev–Trinajstić information content (AvgIpc) is 2.64. The lowest BCUT2D eigenvalue weighted by molar-refractivity contribution is 0.0950. The third kappa shape index (κ3) is 5.14. The minimum atomic E-state index is -0.114. The van der Waals surface area contributed by atoms with Crippen molar-refractivity contribution in [1.29, 1.82) is 0 Å². The van der Waals surface area contributed by atoms with Gasteiger partial charge in [-0.25, -0.2) is 4.31 Å². The zero-order chi connectivity index (χ0) is 17.6. The summed E-state index contributed by atoms with van der Waals surface area (Å²) in [6.45, 7) is 2.56. The Hall–Kier alpha value is -1.20. The number of benzene rings is 2. The van der Waals surface area contributed by atoms with Crippen LogP contribution >= 0.6 is 35.1 Å². The van der Waals surface area contributed by atoms with Gasteiger partial charge in [-0.1, -0.05) is 47.8 Å². The van der Waals surface area contributed by atoms with E-state index < -0.39 is 0 Å². The van der Waals surface area contributed by atoms with Crippen LogP contribution in [0.1, 0.15) is 35.2 Å². The van der Waals surface area contributed by atoms with Gasteiger partial charge in [-0.05, 0) is 54.6 Å². The van der Waals surface area contributed by atoms with Gasteiger partial charge in [0.25, 0.3) is 5.91 Å². The van der Waals surface area contributed by atoms with E-state index in [1.165, 1.54) is 19.3 Å². The Morgan fingerprint density at radius 1 is 1.08 bits per heavy atom. The molecule has 2 aromatic carbocycles. The molecule has 1 aliphatic heterocycles. The molecule has 0 spiro atoms. The number of rotatable bonds is 5. The third-order valence-electron chi connectivity index (χ3n) is 4.12. The Balaban J connectivity index is 1.61. The van der Waals surface area contributed by atoms with Crippen LogP contribution in [0.2, 0.25) is 10.0 Å². The molecular weight excluding hydrogens is 375 g/mol. The minimum Gasteiger partial charge on any atom is -0.348 e. The van der Waals surface area contributed by atoms with Gasteiger partial charge in [0.1, 0.15) is 0 Å². The Morgan fingerprint density at radius 2 is 1.84 bits per heavy atom. The second kappa shape index (κ2) is 8.95. The standard InChI is InChI=1S/C19H20Cl2N2OS/c20-17-9-5-7-15(18(17)21)13-22-19(24)14-6-4-8-16(12-14)25-23-10-2-1-3-11-23/h4-9,12H,1-3,10-11,13H2,(H,22,24). The van der Waals surface area contributed by atoms with Crippen molar-refractivity contribution in [3.05, 3.63) is 63.6 Å². The molecule has 1 N–H and O–H groups in total. The van der Waals surface area contributed by atoms with Crippen LogP contribution in [0.25, 0.3) is 0 Å². The summed E-state index contributed by atoms with van der Waals surface area (Å²) in [5.41, 5.74) is 1.46. The molecule has 3 nitrogen and oxygen atoms in total. The van der Waals surface area contributed by atoms with Crippen molar-refractivity contribution in [3.63, 3.8) is 0 Å². The van der Waals surface area contributed by atoms with Crippen LogP contribution in [0.3, 0.4) is 0 Å². The molecule has 0 aromatic heterocycles. The monoisotopic (exact) mass is 394 g/mol. The Bertz CT molecular complexity index is 748. The van der Waals surface area contributed by atoms with E-state index in [2.05, 4.69) is 9.62 Å². The van der Waals surface area contributed by atoms with Crippen LogP contribution in [0.4, 0.5) is 0 Å². The van der Waals surface area contributed by atoms with Crippen molar-refractivity contribution in [2.45, 2.75) is 30.7 Å². The highest BCUT2D eigenvalue weighted by atomic mass is 35.5. The topological polar surface area (TPSA) is 32.3 Å². The fourth-order valence-electron chi connectivity index (χ4n) is 2.76. The molecule has 0 atom stereocenters. The highest BCUT2D eigenvalue weighted by molar-refractivity contribution is 7.97. The normalized spacial score (nSPS) is 15.1. The van der Waals surface area contributed by atoms with E-state index in [0.29, 0.717) is 22.2 Å². The third-order valence-corrected chi connectivity index (χ3v) is 6.06. The van der Waals surface area contributed by atoms with Gasteiger partial charge in [-0.2, -0.15) is 0 Å². The molecule has 0 saturated carbocycles. The number of piperidine rings is 1. The van der Waals surface area contributed by atoms with Crippen molar-refractivity contribution >= 4 is 41.1 Å². The van der Waals surface area contributed by atoms with Crippen molar-refractivity contribution in [2.75, 3.05) is 13.1 Å². The lowest BCUT2D eigenvalue weighted by Crippen LogP contribution is -2.24. The van der Waals surface area contributed by atoms with Crippen LogP contribution in [0.15, 0.2) is 47.4 Å². The van der Waals surface area contributed by atoms with Gasteiger partial charge in [0.15, 0.2) is 0 Å². The summed E-state index contributed by atoms with van der Waals surface area (Å²) in [5, 5.41) is 3.89. The van der Waals surface area contributed by atoms with Crippen LogP contribution in [-0.2, 0) is 6.54 Å². The molecule has 132 valence electrons. The van der Waals surface area contributed by atoms with Gasteiger partial charge >= 0.3 is 0 Å². The van der Waals surface area contributed by atoms with Crippen molar-refractivity contribution in [1.82, 2.24) is 9.62 Å². The van der Waals surface area contributed by atoms with E-state index in [4.69, 9.17) is 23.2 Å². The van der Waals surface area contributed by atoms with Crippen molar-refractivity contribution < 1.29 is 4.79 Å². The Labute approximate surface area is 162 Å². The fourth-order valence-corrected chi connectivity index (χ4v) is 4.21. The first-order chi connectivity index (χ1) is 12.1. The molecular formula is C19H20Cl2N2OS. The largest absolute Gasteiger partial charge is 0.348 e. The molecule has 0 radical (unpaired) electrons. The SMILES string of the molecule is O=C(NCc1cccc(Cl)c1Cl)c1cccc(SN2CCCCC2)c1. The van der Waals surface area contributed by atoms with Crippen LogP contribution in [0.5, 0.6) is 0 Å². The molecule has 6 heteroatoms. The molecule has 1 amide bonds. The highest BCUT2D eigenvalue weighted by Gasteiger charge is 2.13. The van der Waals surface area contributed by atoms with Gasteiger partial charge in [0.05, 0.1) is 10.0 Å². The first kappa shape index (κ1) is 18.6. The summed E-state index contributed by atoms with van der Waals surface area (Å²) in [4.78, 5) is 13.5.